The number of amides is 3. The molecule has 1 N–H and O–H groups in total. The van der Waals surface area contributed by atoms with Crippen molar-refractivity contribution in [2.45, 2.75) is 20.4 Å². The van der Waals surface area contributed by atoms with Gasteiger partial charge in [-0.15, -0.1) is 6.58 Å². The van der Waals surface area contributed by atoms with Crippen molar-refractivity contribution in [1.82, 2.24) is 14.4 Å². The topological polar surface area (TPSA) is 57.6 Å². The lowest BCUT2D eigenvalue weighted by Crippen LogP contribution is -2.45. The van der Waals surface area contributed by atoms with Gasteiger partial charge in [-0.3, -0.25) is 4.79 Å². The zero-order chi connectivity index (χ0) is 22.3. The number of urea groups is 1. The first-order valence-corrected chi connectivity index (χ1v) is 10.5. The Morgan fingerprint density at radius 1 is 1.23 bits per heavy atom. The standard InChI is InChI=1S/C22H28Cl2N4O2/c1-5-10-27(22(30)25-20-9-8-17(23)12-19(20)24)15-21(29)28(13-16(2)3)14-18-7-6-11-26(18)4/h5-9,11-12,16H,1,10,13-15H2,2-4H3,(H,25,30). The van der Waals surface area contributed by atoms with Gasteiger partial charge in [0, 0.05) is 37.1 Å². The molecule has 2 rings (SSSR count). The van der Waals surface area contributed by atoms with Gasteiger partial charge in [0.2, 0.25) is 5.91 Å². The van der Waals surface area contributed by atoms with E-state index in [0.717, 1.165) is 5.69 Å². The Morgan fingerprint density at radius 3 is 2.53 bits per heavy atom. The van der Waals surface area contributed by atoms with Crippen LogP contribution in [0.15, 0.2) is 49.2 Å². The molecule has 0 aliphatic heterocycles. The molecule has 0 fully saturated rings. The summed E-state index contributed by atoms with van der Waals surface area (Å²) in [5.74, 6) is 0.160. The fraction of sp³-hybridized carbons (Fsp3) is 0.364. The maximum Gasteiger partial charge on any atom is 0.322 e. The zero-order valence-corrected chi connectivity index (χ0v) is 19.1. The molecule has 0 radical (unpaired) electrons. The average molecular weight is 451 g/mol. The molecule has 1 heterocycles. The number of halogens is 2. The van der Waals surface area contributed by atoms with E-state index < -0.39 is 6.03 Å². The van der Waals surface area contributed by atoms with Gasteiger partial charge in [0.1, 0.15) is 6.54 Å². The molecule has 0 spiro atoms. The number of hydrogen-bond donors (Lipinski definition) is 1. The lowest BCUT2D eigenvalue weighted by Gasteiger charge is -2.28. The van der Waals surface area contributed by atoms with Gasteiger partial charge in [0.05, 0.1) is 17.3 Å². The molecule has 3 amide bonds. The Kier molecular flexibility index (Phi) is 8.81. The third-order valence-corrected chi connectivity index (χ3v) is 5.03. The second-order valence-corrected chi connectivity index (χ2v) is 8.35. The van der Waals surface area contributed by atoms with Crippen LogP contribution >= 0.6 is 23.2 Å². The summed E-state index contributed by atoms with van der Waals surface area (Å²) >= 11 is 12.1. The van der Waals surface area contributed by atoms with Crippen LogP contribution in [-0.4, -0.2) is 45.9 Å². The van der Waals surface area contributed by atoms with Crippen molar-refractivity contribution in [3.8, 4) is 0 Å². The summed E-state index contributed by atoms with van der Waals surface area (Å²) in [4.78, 5) is 29.1. The van der Waals surface area contributed by atoms with E-state index in [1.807, 2.05) is 29.9 Å². The van der Waals surface area contributed by atoms with Crippen molar-refractivity contribution in [3.05, 3.63) is 64.9 Å². The second kappa shape index (κ2) is 11.1. The van der Waals surface area contributed by atoms with Gasteiger partial charge in [-0.2, -0.15) is 0 Å². The Labute approximate surface area is 188 Å². The van der Waals surface area contributed by atoms with E-state index >= 15 is 0 Å². The minimum absolute atomic E-state index is 0.0692. The maximum atomic E-state index is 13.1. The van der Waals surface area contributed by atoms with Gasteiger partial charge in [-0.1, -0.05) is 43.1 Å². The maximum absolute atomic E-state index is 13.1. The first-order valence-electron chi connectivity index (χ1n) is 9.71. The summed E-state index contributed by atoms with van der Waals surface area (Å²) in [5.41, 5.74) is 1.45. The molecule has 0 aliphatic carbocycles. The first kappa shape index (κ1) is 23.8. The van der Waals surface area contributed by atoms with Crippen molar-refractivity contribution < 1.29 is 9.59 Å². The predicted molar refractivity (Wildman–Crippen MR) is 123 cm³/mol. The molecule has 30 heavy (non-hydrogen) atoms. The smallest absolute Gasteiger partial charge is 0.322 e. The third kappa shape index (κ3) is 6.82. The van der Waals surface area contributed by atoms with Crippen molar-refractivity contribution in [1.29, 1.82) is 0 Å². The highest BCUT2D eigenvalue weighted by atomic mass is 35.5. The van der Waals surface area contributed by atoms with Crippen LogP contribution in [0.1, 0.15) is 19.5 Å². The minimum Gasteiger partial charge on any atom is -0.353 e. The highest BCUT2D eigenvalue weighted by Crippen LogP contribution is 2.25. The summed E-state index contributed by atoms with van der Waals surface area (Å²) in [7, 11) is 1.95. The van der Waals surface area contributed by atoms with Crippen LogP contribution in [0.5, 0.6) is 0 Å². The van der Waals surface area contributed by atoms with Gasteiger partial charge in [0.15, 0.2) is 0 Å². The number of nitrogens with one attached hydrogen (secondary N) is 1. The molecule has 162 valence electrons. The molecule has 0 unspecified atom stereocenters. The molecule has 0 bridgehead atoms. The number of nitrogens with zero attached hydrogens (tertiary/aromatic N) is 3. The predicted octanol–water partition coefficient (Wildman–Crippen LogP) is 5.04. The second-order valence-electron chi connectivity index (χ2n) is 7.50. The average Bonchev–Trinajstić information content (AvgIpc) is 3.07. The number of carbonyl (C=O) groups excluding carboxylic acids is 2. The van der Waals surface area contributed by atoms with Crippen LogP contribution in [-0.2, 0) is 18.4 Å². The first-order chi connectivity index (χ1) is 14.2. The molecule has 6 nitrogen and oxygen atoms in total. The number of aryl methyl sites for hydroxylation is 1. The molecule has 0 aliphatic rings. The molecular weight excluding hydrogens is 423 g/mol. The van der Waals surface area contributed by atoms with Gasteiger partial charge in [-0.05, 0) is 36.2 Å². The summed E-state index contributed by atoms with van der Waals surface area (Å²) in [6, 6.07) is 8.30. The van der Waals surface area contributed by atoms with Gasteiger partial charge in [0.25, 0.3) is 0 Å². The molecule has 0 saturated heterocycles. The molecule has 1 aromatic carbocycles. The number of carbonyl (C=O) groups is 2. The van der Waals surface area contributed by atoms with E-state index in [1.165, 1.54) is 4.90 Å². The molecule has 0 saturated carbocycles. The summed E-state index contributed by atoms with van der Waals surface area (Å²) in [6.07, 6.45) is 3.53. The summed E-state index contributed by atoms with van der Waals surface area (Å²) < 4.78 is 1.98. The van der Waals surface area contributed by atoms with E-state index in [2.05, 4.69) is 25.7 Å². The number of aromatic nitrogens is 1. The zero-order valence-electron chi connectivity index (χ0n) is 17.6. The molecule has 0 atom stereocenters. The lowest BCUT2D eigenvalue weighted by molar-refractivity contribution is -0.132. The highest BCUT2D eigenvalue weighted by molar-refractivity contribution is 6.36. The van der Waals surface area contributed by atoms with Crippen LogP contribution in [0.3, 0.4) is 0 Å². The summed E-state index contributed by atoms with van der Waals surface area (Å²) in [6.45, 7) is 9.04. The molecule has 1 aromatic heterocycles. The van der Waals surface area contributed by atoms with Gasteiger partial charge in [-0.25, -0.2) is 4.79 Å². The number of rotatable bonds is 9. The fourth-order valence-corrected chi connectivity index (χ4v) is 3.43. The Bertz CT molecular complexity index is 895. The Morgan fingerprint density at radius 2 is 1.97 bits per heavy atom. The number of benzene rings is 1. The minimum atomic E-state index is -0.434. The van der Waals surface area contributed by atoms with Crippen LogP contribution in [0.2, 0.25) is 10.0 Å². The van der Waals surface area contributed by atoms with Crippen LogP contribution < -0.4 is 5.32 Å². The van der Waals surface area contributed by atoms with E-state index in [-0.39, 0.29) is 19.0 Å². The highest BCUT2D eigenvalue weighted by Gasteiger charge is 2.22. The van der Waals surface area contributed by atoms with E-state index in [9.17, 15) is 9.59 Å². The third-order valence-electron chi connectivity index (χ3n) is 4.48. The lowest BCUT2D eigenvalue weighted by atomic mass is 10.2. The van der Waals surface area contributed by atoms with Crippen LogP contribution in [0.4, 0.5) is 10.5 Å². The number of hydrogen-bond acceptors (Lipinski definition) is 2. The molecule has 2 aromatic rings. The Balaban J connectivity index is 2.13. The summed E-state index contributed by atoms with van der Waals surface area (Å²) in [5, 5.41) is 3.53. The monoisotopic (exact) mass is 450 g/mol. The van der Waals surface area contributed by atoms with E-state index in [1.54, 1.807) is 29.2 Å². The van der Waals surface area contributed by atoms with Gasteiger partial charge < -0.3 is 19.7 Å². The largest absolute Gasteiger partial charge is 0.353 e. The van der Waals surface area contributed by atoms with Crippen molar-refractivity contribution in [2.75, 3.05) is 25.0 Å². The normalized spacial score (nSPS) is 10.7. The van der Waals surface area contributed by atoms with Crippen LogP contribution in [0, 0.1) is 5.92 Å². The van der Waals surface area contributed by atoms with E-state index in [4.69, 9.17) is 23.2 Å². The fourth-order valence-electron chi connectivity index (χ4n) is 2.98. The van der Waals surface area contributed by atoms with Crippen molar-refractivity contribution in [2.24, 2.45) is 13.0 Å². The molecular formula is C22H28Cl2N4O2. The number of anilines is 1. The molecule has 8 heteroatoms. The van der Waals surface area contributed by atoms with Crippen molar-refractivity contribution >= 4 is 40.8 Å². The van der Waals surface area contributed by atoms with Crippen LogP contribution in [0.25, 0.3) is 0 Å². The quantitative estimate of drug-likeness (QED) is 0.544. The van der Waals surface area contributed by atoms with Gasteiger partial charge >= 0.3 is 6.03 Å². The Hall–Kier alpha value is -2.44. The van der Waals surface area contributed by atoms with E-state index in [0.29, 0.717) is 34.7 Å². The SMILES string of the molecule is C=CCN(CC(=O)N(Cc1cccn1C)CC(C)C)C(=O)Nc1ccc(Cl)cc1Cl. The van der Waals surface area contributed by atoms with Crippen molar-refractivity contribution in [3.63, 3.8) is 0 Å².